The summed E-state index contributed by atoms with van der Waals surface area (Å²) in [6, 6.07) is 5.22. The van der Waals surface area contributed by atoms with E-state index in [0.717, 1.165) is 29.9 Å². The summed E-state index contributed by atoms with van der Waals surface area (Å²) in [4.78, 5) is 23.8. The summed E-state index contributed by atoms with van der Waals surface area (Å²) in [5, 5.41) is 1.44. The van der Waals surface area contributed by atoms with E-state index in [-0.39, 0.29) is 10.6 Å². The van der Waals surface area contributed by atoms with Crippen molar-refractivity contribution >= 4 is 62.3 Å². The predicted octanol–water partition coefficient (Wildman–Crippen LogP) is 4.07. The minimum absolute atomic E-state index is 0.268. The molecule has 2 aromatic heterocycles. The Morgan fingerprint density at radius 3 is 2.69 bits per heavy atom. The Labute approximate surface area is 163 Å². The number of amides is 1. The molecule has 0 unspecified atom stereocenters. The van der Waals surface area contributed by atoms with E-state index in [0.29, 0.717) is 31.9 Å². The predicted molar refractivity (Wildman–Crippen MR) is 107 cm³/mol. The summed E-state index contributed by atoms with van der Waals surface area (Å²) in [5.41, 5.74) is 13.2. The number of carbonyl (C=O) groups excluding carboxylic acids is 1. The number of halogens is 2. The fourth-order valence-corrected chi connectivity index (χ4v) is 4.07. The highest BCUT2D eigenvalue weighted by atomic mass is 35.5. The fraction of sp³-hybridized carbons (Fsp3) is 0.118. The number of carbonyl (C=O) groups is 1. The van der Waals surface area contributed by atoms with Crippen LogP contribution in [0.3, 0.4) is 0 Å². The van der Waals surface area contributed by atoms with Crippen LogP contribution in [0.2, 0.25) is 10.0 Å². The molecule has 132 valence electrons. The van der Waals surface area contributed by atoms with Crippen molar-refractivity contribution in [2.24, 2.45) is 5.73 Å². The van der Waals surface area contributed by atoms with Crippen molar-refractivity contribution in [1.29, 1.82) is 0 Å². The third-order valence-corrected chi connectivity index (χ3v) is 5.93. The van der Waals surface area contributed by atoms with Crippen LogP contribution >= 0.6 is 34.5 Å². The lowest BCUT2D eigenvalue weighted by Crippen LogP contribution is -2.15. The molecular formula is C17H13Cl2N5OS. The van der Waals surface area contributed by atoms with Gasteiger partial charge in [0.25, 0.3) is 5.91 Å². The van der Waals surface area contributed by atoms with Gasteiger partial charge in [0.05, 0.1) is 26.8 Å². The number of benzene rings is 1. The van der Waals surface area contributed by atoms with Gasteiger partial charge in [0, 0.05) is 18.3 Å². The van der Waals surface area contributed by atoms with Crippen molar-refractivity contribution in [1.82, 2.24) is 9.97 Å². The molecule has 3 heterocycles. The minimum atomic E-state index is -0.590. The number of aromatic nitrogens is 2. The Bertz CT molecular complexity index is 1080. The Morgan fingerprint density at radius 1 is 1.23 bits per heavy atom. The number of rotatable bonds is 3. The summed E-state index contributed by atoms with van der Waals surface area (Å²) in [6.45, 7) is 0.788. The van der Waals surface area contributed by atoms with E-state index < -0.39 is 5.91 Å². The highest BCUT2D eigenvalue weighted by Gasteiger charge is 2.23. The number of hydrogen-bond acceptors (Lipinski definition) is 6. The highest BCUT2D eigenvalue weighted by molar-refractivity contribution is 7.21. The van der Waals surface area contributed by atoms with Crippen molar-refractivity contribution in [3.05, 3.63) is 45.4 Å². The van der Waals surface area contributed by atoms with E-state index in [1.165, 1.54) is 0 Å². The average Bonchev–Trinajstić information content (AvgIpc) is 3.25. The number of fused-ring (bicyclic) bond motifs is 1. The number of primary amides is 1. The zero-order valence-electron chi connectivity index (χ0n) is 13.4. The number of nitrogen functional groups attached to an aromatic ring is 1. The normalized spacial score (nSPS) is 13.7. The number of thiophene rings is 1. The van der Waals surface area contributed by atoms with Gasteiger partial charge in [0.2, 0.25) is 5.95 Å². The van der Waals surface area contributed by atoms with Gasteiger partial charge in [-0.1, -0.05) is 35.3 Å². The van der Waals surface area contributed by atoms with Crippen molar-refractivity contribution in [3.8, 4) is 11.3 Å². The lowest BCUT2D eigenvalue weighted by Gasteiger charge is -2.15. The molecule has 1 aliphatic heterocycles. The van der Waals surface area contributed by atoms with Crippen molar-refractivity contribution in [2.75, 3.05) is 17.2 Å². The summed E-state index contributed by atoms with van der Waals surface area (Å²) in [5.74, 6) is -0.0576. The van der Waals surface area contributed by atoms with Gasteiger partial charge in [-0.05, 0) is 18.6 Å². The summed E-state index contributed by atoms with van der Waals surface area (Å²) >= 11 is 13.4. The van der Waals surface area contributed by atoms with Gasteiger partial charge in [0.1, 0.15) is 9.71 Å². The second-order valence-corrected chi connectivity index (χ2v) is 7.57. The molecule has 0 saturated carbocycles. The number of nitrogens with zero attached hydrogens (tertiary/aromatic N) is 3. The first kappa shape index (κ1) is 17.1. The Balaban J connectivity index is 2.02. The van der Waals surface area contributed by atoms with Crippen molar-refractivity contribution < 1.29 is 4.79 Å². The molecule has 9 heteroatoms. The molecule has 6 nitrogen and oxygen atoms in total. The quantitative estimate of drug-likeness (QED) is 0.683. The van der Waals surface area contributed by atoms with Gasteiger partial charge in [0.15, 0.2) is 0 Å². The molecule has 0 saturated heterocycles. The van der Waals surface area contributed by atoms with Crippen molar-refractivity contribution in [2.45, 2.75) is 6.42 Å². The summed E-state index contributed by atoms with van der Waals surface area (Å²) < 4.78 is 0. The first-order valence-electron chi connectivity index (χ1n) is 7.74. The summed E-state index contributed by atoms with van der Waals surface area (Å²) in [6.07, 6.45) is 4.90. The van der Waals surface area contributed by atoms with Crippen LogP contribution in [0.25, 0.3) is 21.5 Å². The zero-order valence-corrected chi connectivity index (χ0v) is 15.7. The van der Waals surface area contributed by atoms with E-state index in [1.807, 2.05) is 17.2 Å². The molecule has 0 bridgehead atoms. The number of hydrogen-bond donors (Lipinski definition) is 2. The molecule has 1 amide bonds. The molecule has 0 fully saturated rings. The molecule has 26 heavy (non-hydrogen) atoms. The molecule has 0 radical (unpaired) electrons. The molecule has 4 rings (SSSR count). The monoisotopic (exact) mass is 405 g/mol. The average molecular weight is 406 g/mol. The lowest BCUT2D eigenvalue weighted by atomic mass is 10.1. The molecule has 0 spiro atoms. The van der Waals surface area contributed by atoms with Gasteiger partial charge < -0.3 is 16.4 Å². The van der Waals surface area contributed by atoms with Gasteiger partial charge in [-0.25, -0.2) is 9.97 Å². The Morgan fingerprint density at radius 2 is 2.04 bits per heavy atom. The SMILES string of the molecule is NC(=O)c1sc2nc(N3C=CCC3)nc(-c3ccc(Cl)c(Cl)c3)c2c1N. The van der Waals surface area contributed by atoms with E-state index in [2.05, 4.69) is 4.98 Å². The van der Waals surface area contributed by atoms with Gasteiger partial charge >= 0.3 is 0 Å². The second-order valence-electron chi connectivity index (χ2n) is 5.76. The van der Waals surface area contributed by atoms with Crippen LogP contribution in [-0.4, -0.2) is 22.4 Å². The molecule has 4 N–H and O–H groups in total. The van der Waals surface area contributed by atoms with E-state index in [4.69, 9.17) is 39.7 Å². The van der Waals surface area contributed by atoms with E-state index in [1.54, 1.807) is 18.2 Å². The maximum absolute atomic E-state index is 11.7. The van der Waals surface area contributed by atoms with E-state index >= 15 is 0 Å². The first-order valence-corrected chi connectivity index (χ1v) is 9.31. The molecule has 0 aliphatic carbocycles. The van der Waals surface area contributed by atoms with E-state index in [9.17, 15) is 4.79 Å². The standard InChI is InChI=1S/C17H13Cl2N5OS/c18-9-4-3-8(7-10(9)19)13-11-12(20)14(15(21)25)26-16(11)23-17(22-13)24-5-1-2-6-24/h1,3-5,7H,2,6,20H2,(H2,21,25). The number of nitrogens with two attached hydrogens (primary N) is 2. The van der Waals surface area contributed by atoms with Crippen LogP contribution in [0.4, 0.5) is 11.6 Å². The van der Waals surface area contributed by atoms with Crippen LogP contribution in [-0.2, 0) is 0 Å². The second kappa shape index (κ2) is 6.42. The third-order valence-electron chi connectivity index (χ3n) is 4.07. The Hall–Kier alpha value is -2.35. The molecule has 0 atom stereocenters. The fourth-order valence-electron chi connectivity index (χ4n) is 2.83. The van der Waals surface area contributed by atoms with Crippen LogP contribution in [0.5, 0.6) is 0 Å². The van der Waals surface area contributed by atoms with Crippen molar-refractivity contribution in [3.63, 3.8) is 0 Å². The molecular weight excluding hydrogens is 393 g/mol. The van der Waals surface area contributed by atoms with Gasteiger partial charge in [-0.2, -0.15) is 0 Å². The third kappa shape index (κ3) is 2.78. The minimum Gasteiger partial charge on any atom is -0.397 e. The van der Waals surface area contributed by atoms with Crippen LogP contribution in [0.15, 0.2) is 30.5 Å². The molecule has 1 aromatic carbocycles. The first-order chi connectivity index (χ1) is 12.5. The van der Waals surface area contributed by atoms with Gasteiger partial charge in [-0.15, -0.1) is 11.3 Å². The number of anilines is 2. The smallest absolute Gasteiger partial charge is 0.260 e. The lowest BCUT2D eigenvalue weighted by molar-refractivity contribution is 0.100. The van der Waals surface area contributed by atoms with Crippen LogP contribution in [0.1, 0.15) is 16.1 Å². The highest BCUT2D eigenvalue weighted by Crippen LogP contribution is 2.40. The maximum Gasteiger partial charge on any atom is 0.260 e. The van der Waals surface area contributed by atoms with Crippen LogP contribution in [0, 0.1) is 0 Å². The zero-order chi connectivity index (χ0) is 18.4. The Kier molecular flexibility index (Phi) is 4.22. The largest absolute Gasteiger partial charge is 0.397 e. The van der Waals surface area contributed by atoms with Crippen LogP contribution < -0.4 is 16.4 Å². The topological polar surface area (TPSA) is 98.1 Å². The molecule has 3 aromatic rings. The van der Waals surface area contributed by atoms with Gasteiger partial charge in [-0.3, -0.25) is 4.79 Å². The summed E-state index contributed by atoms with van der Waals surface area (Å²) in [7, 11) is 0. The molecule has 1 aliphatic rings. The maximum atomic E-state index is 11.7.